The van der Waals surface area contributed by atoms with Gasteiger partial charge in [-0.05, 0) is 49.4 Å². The van der Waals surface area contributed by atoms with Crippen LogP contribution in [0.5, 0.6) is 5.75 Å². The molecule has 2 aromatic rings. The molecule has 0 heterocycles. The van der Waals surface area contributed by atoms with Gasteiger partial charge in [-0.25, -0.2) is 0 Å². The van der Waals surface area contributed by atoms with Crippen molar-refractivity contribution in [3.8, 4) is 5.75 Å². The molecule has 21 heavy (non-hydrogen) atoms. The average molecular weight is 302 g/mol. The monoisotopic (exact) mass is 301 g/mol. The summed E-state index contributed by atoms with van der Waals surface area (Å²) in [6.45, 7) is 2.64. The van der Waals surface area contributed by atoms with Crippen LogP contribution in [0.4, 0.5) is 5.69 Å². The van der Waals surface area contributed by atoms with Gasteiger partial charge in [-0.3, -0.25) is 0 Å². The molecular formula is C18H20ClNO. The van der Waals surface area contributed by atoms with Crippen molar-refractivity contribution in [1.29, 1.82) is 0 Å². The first kappa shape index (κ1) is 14.3. The Morgan fingerprint density at radius 2 is 1.95 bits per heavy atom. The zero-order chi connectivity index (χ0) is 14.7. The third-order valence-electron chi connectivity index (χ3n) is 3.80. The minimum absolute atomic E-state index is 0.323. The molecule has 1 unspecified atom stereocenters. The standard InChI is InChI=1S/C18H20ClNO/c1-2-21-17-11-10-15(19)12-16(17)20-18(14-8-9-14)13-6-4-3-5-7-13/h3-7,10-12,14,18,20H,2,8-9H2,1H3. The molecule has 0 saturated heterocycles. The normalized spacial score (nSPS) is 15.5. The van der Waals surface area contributed by atoms with Gasteiger partial charge >= 0.3 is 0 Å². The summed E-state index contributed by atoms with van der Waals surface area (Å²) in [6, 6.07) is 16.7. The van der Waals surface area contributed by atoms with Crippen LogP contribution in [0.15, 0.2) is 48.5 Å². The lowest BCUT2D eigenvalue weighted by Crippen LogP contribution is -2.13. The fourth-order valence-electron chi connectivity index (χ4n) is 2.63. The molecule has 0 aliphatic heterocycles. The van der Waals surface area contributed by atoms with Gasteiger partial charge in [-0.1, -0.05) is 41.9 Å². The molecule has 2 nitrogen and oxygen atoms in total. The molecule has 1 aliphatic carbocycles. The summed E-state index contributed by atoms with van der Waals surface area (Å²) in [5.74, 6) is 1.56. The van der Waals surface area contributed by atoms with Crippen molar-refractivity contribution >= 4 is 17.3 Å². The van der Waals surface area contributed by atoms with Crippen molar-refractivity contribution in [2.45, 2.75) is 25.8 Å². The predicted octanol–water partition coefficient (Wildman–Crippen LogP) is 5.30. The molecule has 3 rings (SSSR count). The Balaban J connectivity index is 1.88. The van der Waals surface area contributed by atoms with Gasteiger partial charge in [0.2, 0.25) is 0 Å². The van der Waals surface area contributed by atoms with Crippen LogP contribution in [0.2, 0.25) is 5.02 Å². The highest BCUT2D eigenvalue weighted by molar-refractivity contribution is 6.30. The van der Waals surface area contributed by atoms with Crippen molar-refractivity contribution in [3.05, 3.63) is 59.1 Å². The second-order valence-electron chi connectivity index (χ2n) is 5.44. The molecule has 1 fully saturated rings. The van der Waals surface area contributed by atoms with Crippen LogP contribution in [-0.4, -0.2) is 6.61 Å². The van der Waals surface area contributed by atoms with E-state index in [0.29, 0.717) is 18.6 Å². The molecule has 110 valence electrons. The van der Waals surface area contributed by atoms with Crippen LogP contribution in [0.3, 0.4) is 0 Å². The Morgan fingerprint density at radius 3 is 2.62 bits per heavy atom. The summed E-state index contributed by atoms with van der Waals surface area (Å²) in [7, 11) is 0. The number of nitrogens with one attached hydrogen (secondary N) is 1. The summed E-state index contributed by atoms with van der Waals surface area (Å²) in [5, 5.41) is 4.37. The first-order valence-electron chi connectivity index (χ1n) is 7.51. The highest BCUT2D eigenvalue weighted by Crippen LogP contribution is 2.44. The van der Waals surface area contributed by atoms with E-state index in [1.165, 1.54) is 18.4 Å². The van der Waals surface area contributed by atoms with Crippen molar-refractivity contribution in [2.75, 3.05) is 11.9 Å². The molecule has 1 saturated carbocycles. The zero-order valence-corrected chi connectivity index (χ0v) is 12.9. The minimum atomic E-state index is 0.323. The number of rotatable bonds is 6. The van der Waals surface area contributed by atoms with Crippen molar-refractivity contribution in [2.24, 2.45) is 5.92 Å². The van der Waals surface area contributed by atoms with Crippen molar-refractivity contribution < 1.29 is 4.74 Å². The van der Waals surface area contributed by atoms with E-state index in [9.17, 15) is 0 Å². The zero-order valence-electron chi connectivity index (χ0n) is 12.2. The lowest BCUT2D eigenvalue weighted by atomic mass is 10.0. The van der Waals surface area contributed by atoms with Crippen LogP contribution in [0.25, 0.3) is 0 Å². The SMILES string of the molecule is CCOc1ccc(Cl)cc1NC(c1ccccc1)C1CC1. The molecule has 0 spiro atoms. The molecule has 2 aromatic carbocycles. The molecule has 0 radical (unpaired) electrons. The third kappa shape index (κ3) is 3.51. The van der Waals surface area contributed by atoms with Gasteiger partial charge < -0.3 is 10.1 Å². The van der Waals surface area contributed by atoms with Gasteiger partial charge in [0.1, 0.15) is 5.75 Å². The smallest absolute Gasteiger partial charge is 0.142 e. The van der Waals surface area contributed by atoms with E-state index in [-0.39, 0.29) is 0 Å². The maximum atomic E-state index is 6.15. The van der Waals surface area contributed by atoms with Gasteiger partial charge in [-0.15, -0.1) is 0 Å². The topological polar surface area (TPSA) is 21.3 Å². The predicted molar refractivity (Wildman–Crippen MR) is 88.2 cm³/mol. The summed E-state index contributed by atoms with van der Waals surface area (Å²) in [5.41, 5.74) is 2.30. The summed E-state index contributed by atoms with van der Waals surface area (Å²) < 4.78 is 5.71. The van der Waals surface area contributed by atoms with Gasteiger partial charge in [0, 0.05) is 5.02 Å². The van der Waals surface area contributed by atoms with Gasteiger partial charge in [0.25, 0.3) is 0 Å². The van der Waals surface area contributed by atoms with Gasteiger partial charge in [0.15, 0.2) is 0 Å². The second kappa shape index (κ2) is 6.40. The summed E-state index contributed by atoms with van der Waals surface area (Å²) in [4.78, 5) is 0. The second-order valence-corrected chi connectivity index (χ2v) is 5.88. The largest absolute Gasteiger partial charge is 0.492 e. The Morgan fingerprint density at radius 1 is 1.19 bits per heavy atom. The molecule has 0 amide bonds. The van der Waals surface area contributed by atoms with Crippen LogP contribution in [-0.2, 0) is 0 Å². The average Bonchev–Trinajstić information content (AvgIpc) is 3.33. The van der Waals surface area contributed by atoms with Crippen molar-refractivity contribution in [1.82, 2.24) is 0 Å². The van der Waals surface area contributed by atoms with Crippen molar-refractivity contribution in [3.63, 3.8) is 0 Å². The van der Waals surface area contributed by atoms with E-state index < -0.39 is 0 Å². The molecule has 0 aromatic heterocycles. The van der Waals surface area contributed by atoms with Crippen LogP contribution in [0.1, 0.15) is 31.4 Å². The van der Waals surface area contributed by atoms with Crippen LogP contribution >= 0.6 is 11.6 Å². The van der Waals surface area contributed by atoms with Crippen LogP contribution < -0.4 is 10.1 Å². The Labute approximate surface area is 131 Å². The molecule has 1 atom stereocenters. The maximum Gasteiger partial charge on any atom is 0.142 e. The Kier molecular flexibility index (Phi) is 4.35. The number of hydrogen-bond acceptors (Lipinski definition) is 2. The van der Waals surface area contributed by atoms with Gasteiger partial charge in [-0.2, -0.15) is 0 Å². The minimum Gasteiger partial charge on any atom is -0.492 e. The van der Waals surface area contributed by atoms with E-state index in [1.807, 2.05) is 25.1 Å². The van der Waals surface area contributed by atoms with Crippen LogP contribution in [0, 0.1) is 5.92 Å². The first-order valence-corrected chi connectivity index (χ1v) is 7.89. The number of benzene rings is 2. The summed E-state index contributed by atoms with van der Waals surface area (Å²) >= 11 is 6.15. The van der Waals surface area contributed by atoms with E-state index in [2.05, 4.69) is 35.6 Å². The fraction of sp³-hybridized carbons (Fsp3) is 0.333. The molecule has 1 N–H and O–H groups in total. The molecule has 0 bridgehead atoms. The first-order chi connectivity index (χ1) is 10.3. The van der Waals surface area contributed by atoms with E-state index in [1.54, 1.807) is 0 Å². The van der Waals surface area contributed by atoms with E-state index >= 15 is 0 Å². The Hall–Kier alpha value is -1.67. The summed E-state index contributed by atoms with van der Waals surface area (Å²) in [6.07, 6.45) is 2.55. The van der Waals surface area contributed by atoms with E-state index in [0.717, 1.165) is 16.5 Å². The lowest BCUT2D eigenvalue weighted by molar-refractivity contribution is 0.341. The maximum absolute atomic E-state index is 6.15. The highest BCUT2D eigenvalue weighted by Gasteiger charge is 2.32. The lowest BCUT2D eigenvalue weighted by Gasteiger charge is -2.22. The highest BCUT2D eigenvalue weighted by atomic mass is 35.5. The molecular weight excluding hydrogens is 282 g/mol. The number of ether oxygens (including phenoxy) is 1. The molecule has 3 heteroatoms. The number of hydrogen-bond donors (Lipinski definition) is 1. The third-order valence-corrected chi connectivity index (χ3v) is 4.04. The van der Waals surface area contributed by atoms with E-state index in [4.69, 9.17) is 16.3 Å². The number of halogens is 1. The number of anilines is 1. The fourth-order valence-corrected chi connectivity index (χ4v) is 2.80. The quantitative estimate of drug-likeness (QED) is 0.781. The van der Waals surface area contributed by atoms with Gasteiger partial charge in [0.05, 0.1) is 18.3 Å². The Bertz CT molecular complexity index is 595. The molecule has 1 aliphatic rings.